The Morgan fingerprint density at radius 3 is 2.25 bits per heavy atom. The lowest BCUT2D eigenvalue weighted by atomic mass is 9.64. The van der Waals surface area contributed by atoms with Crippen molar-refractivity contribution in [2.24, 2.45) is 10.8 Å². The fourth-order valence-electron chi connectivity index (χ4n) is 3.72. The molecule has 1 aliphatic heterocycles. The second kappa shape index (κ2) is 4.44. The van der Waals surface area contributed by atoms with Crippen LogP contribution in [0.3, 0.4) is 0 Å². The molecule has 0 amide bonds. The Labute approximate surface area is 119 Å². The Morgan fingerprint density at radius 1 is 1.05 bits per heavy atom. The number of ether oxygens (including phenoxy) is 1. The monoisotopic (exact) mass is 272 g/mol. The molecule has 2 aliphatic rings. The number of carbonyl (C=O) groups excluding carboxylic acids is 2. The van der Waals surface area contributed by atoms with Gasteiger partial charge in [-0.3, -0.25) is 9.59 Å². The second-order valence-electron chi connectivity index (χ2n) is 6.54. The zero-order valence-electron chi connectivity index (χ0n) is 12.0. The van der Waals surface area contributed by atoms with Crippen molar-refractivity contribution < 1.29 is 14.3 Å². The van der Waals surface area contributed by atoms with E-state index in [9.17, 15) is 9.59 Å². The van der Waals surface area contributed by atoms with Crippen LogP contribution in [-0.2, 0) is 14.3 Å². The number of esters is 1. The van der Waals surface area contributed by atoms with E-state index in [1.54, 1.807) is 0 Å². The lowest BCUT2D eigenvalue weighted by Crippen LogP contribution is -2.53. The molecule has 3 heteroatoms. The van der Waals surface area contributed by atoms with E-state index in [0.29, 0.717) is 12.8 Å². The minimum atomic E-state index is -0.866. The van der Waals surface area contributed by atoms with E-state index < -0.39 is 16.9 Å². The van der Waals surface area contributed by atoms with Crippen LogP contribution < -0.4 is 0 Å². The van der Waals surface area contributed by atoms with Crippen molar-refractivity contribution in [3.05, 3.63) is 35.9 Å². The first kappa shape index (κ1) is 13.3. The largest absolute Gasteiger partial charge is 0.456 e. The fourth-order valence-corrected chi connectivity index (χ4v) is 3.72. The van der Waals surface area contributed by atoms with E-state index >= 15 is 0 Å². The fraction of sp³-hybridized carbons (Fsp3) is 0.529. The van der Waals surface area contributed by atoms with E-state index in [4.69, 9.17) is 4.74 Å². The molecular formula is C17H20O3. The molecule has 1 saturated heterocycles. The molecule has 0 unspecified atom stereocenters. The molecule has 3 rings (SSSR count). The summed E-state index contributed by atoms with van der Waals surface area (Å²) in [6.45, 7) is 3.80. The summed E-state index contributed by atoms with van der Waals surface area (Å²) >= 11 is 0. The predicted octanol–water partition coefficient (Wildman–Crippen LogP) is 3.44. The van der Waals surface area contributed by atoms with E-state index in [1.807, 2.05) is 44.2 Å². The molecule has 1 atom stereocenters. The highest BCUT2D eigenvalue weighted by Crippen LogP contribution is 2.53. The maximum atomic E-state index is 13.0. The molecule has 3 nitrogen and oxygen atoms in total. The molecule has 106 valence electrons. The number of cyclic esters (lactones) is 1. The lowest BCUT2D eigenvalue weighted by Gasteiger charge is -2.44. The first-order valence-corrected chi connectivity index (χ1v) is 7.29. The smallest absolute Gasteiger partial charge is 0.320 e. The Bertz CT molecular complexity index is 539. The maximum Gasteiger partial charge on any atom is 0.320 e. The molecule has 1 aliphatic carbocycles. The van der Waals surface area contributed by atoms with Crippen LogP contribution >= 0.6 is 0 Å². The second-order valence-corrected chi connectivity index (χ2v) is 6.54. The van der Waals surface area contributed by atoms with Crippen molar-refractivity contribution in [2.75, 3.05) is 0 Å². The minimum absolute atomic E-state index is 0.0626. The van der Waals surface area contributed by atoms with Crippen LogP contribution in [0.4, 0.5) is 0 Å². The normalized spacial score (nSPS) is 27.6. The quantitative estimate of drug-likeness (QED) is 0.581. The number of rotatable bonds is 1. The summed E-state index contributed by atoms with van der Waals surface area (Å²) in [6.07, 6.45) is 2.69. The molecule has 1 heterocycles. The molecule has 0 aromatic heterocycles. The topological polar surface area (TPSA) is 43.4 Å². The van der Waals surface area contributed by atoms with Crippen LogP contribution in [0.5, 0.6) is 0 Å². The summed E-state index contributed by atoms with van der Waals surface area (Å²) in [5.41, 5.74) is -0.638. The molecule has 0 N–H and O–H groups in total. The first-order valence-electron chi connectivity index (χ1n) is 7.29. The van der Waals surface area contributed by atoms with Gasteiger partial charge in [0.15, 0.2) is 5.78 Å². The Balaban J connectivity index is 2.01. The van der Waals surface area contributed by atoms with Gasteiger partial charge in [0.2, 0.25) is 0 Å². The molecule has 1 saturated carbocycles. The van der Waals surface area contributed by atoms with Gasteiger partial charge in [-0.1, -0.05) is 43.2 Å². The van der Waals surface area contributed by atoms with Crippen LogP contribution in [-0.4, -0.2) is 11.8 Å². The van der Waals surface area contributed by atoms with Crippen molar-refractivity contribution in [3.8, 4) is 0 Å². The molecule has 1 aromatic carbocycles. The van der Waals surface area contributed by atoms with Crippen LogP contribution in [0.25, 0.3) is 0 Å². The minimum Gasteiger partial charge on any atom is -0.456 e. The van der Waals surface area contributed by atoms with Gasteiger partial charge in [-0.25, -0.2) is 0 Å². The van der Waals surface area contributed by atoms with Crippen LogP contribution in [0.2, 0.25) is 0 Å². The summed E-state index contributed by atoms with van der Waals surface area (Å²) in [5, 5.41) is 0. The maximum absolute atomic E-state index is 13.0. The summed E-state index contributed by atoms with van der Waals surface area (Å²) < 4.78 is 5.74. The van der Waals surface area contributed by atoms with Gasteiger partial charge in [0.1, 0.15) is 11.5 Å². The van der Waals surface area contributed by atoms with Gasteiger partial charge in [-0.15, -0.1) is 0 Å². The van der Waals surface area contributed by atoms with Gasteiger partial charge in [0.25, 0.3) is 0 Å². The number of hydrogen-bond acceptors (Lipinski definition) is 3. The highest BCUT2D eigenvalue weighted by atomic mass is 16.5. The third kappa shape index (κ3) is 1.72. The van der Waals surface area contributed by atoms with Gasteiger partial charge in [-0.05, 0) is 32.3 Å². The third-order valence-electron chi connectivity index (χ3n) is 4.85. The molecule has 1 spiro atoms. The van der Waals surface area contributed by atoms with Gasteiger partial charge in [-0.2, -0.15) is 0 Å². The number of Topliss-reactive ketones (excluding diaryl/α,β-unsaturated/α-hetero) is 1. The molecular weight excluding hydrogens is 252 g/mol. The molecule has 0 radical (unpaired) electrons. The number of ketones is 1. The van der Waals surface area contributed by atoms with E-state index in [-0.39, 0.29) is 11.8 Å². The third-order valence-corrected chi connectivity index (χ3v) is 4.85. The summed E-state index contributed by atoms with van der Waals surface area (Å²) in [7, 11) is 0. The first-order chi connectivity index (χ1) is 9.48. The average molecular weight is 272 g/mol. The molecule has 20 heavy (non-hydrogen) atoms. The summed E-state index contributed by atoms with van der Waals surface area (Å²) in [5.74, 6) is -0.249. The molecule has 2 fully saturated rings. The Morgan fingerprint density at radius 2 is 1.65 bits per heavy atom. The predicted molar refractivity (Wildman–Crippen MR) is 75.0 cm³/mol. The van der Waals surface area contributed by atoms with Crippen molar-refractivity contribution in [3.63, 3.8) is 0 Å². The van der Waals surface area contributed by atoms with E-state index in [2.05, 4.69) is 0 Å². The Kier molecular flexibility index (Phi) is 2.96. The van der Waals surface area contributed by atoms with Gasteiger partial charge in [0, 0.05) is 0 Å². The summed E-state index contributed by atoms with van der Waals surface area (Å²) in [4.78, 5) is 25.4. The van der Waals surface area contributed by atoms with E-state index in [1.165, 1.54) is 0 Å². The van der Waals surface area contributed by atoms with Crippen molar-refractivity contribution in [2.45, 2.75) is 45.6 Å². The van der Waals surface area contributed by atoms with Gasteiger partial charge in [0.05, 0.1) is 5.41 Å². The number of hydrogen-bond donors (Lipinski definition) is 0. The standard InChI is InChI=1S/C17H20O3/c1-16(2)13(12-8-4-3-5-9-12)20-15(19)17(14(16)18)10-6-7-11-17/h3-5,8-9,13H,6-7,10-11H2,1-2H3/t13-/m1/s1. The van der Waals surface area contributed by atoms with Crippen LogP contribution in [0.1, 0.15) is 51.2 Å². The lowest BCUT2D eigenvalue weighted by molar-refractivity contribution is -0.189. The highest BCUT2D eigenvalue weighted by Gasteiger charge is 2.60. The Hall–Kier alpha value is -1.64. The van der Waals surface area contributed by atoms with Crippen LogP contribution in [0.15, 0.2) is 30.3 Å². The zero-order chi connectivity index (χ0) is 14.4. The zero-order valence-corrected chi connectivity index (χ0v) is 12.0. The van der Waals surface area contributed by atoms with Crippen molar-refractivity contribution in [1.29, 1.82) is 0 Å². The number of carbonyl (C=O) groups is 2. The van der Waals surface area contributed by atoms with E-state index in [0.717, 1.165) is 18.4 Å². The summed E-state index contributed by atoms with van der Waals surface area (Å²) in [6, 6.07) is 9.56. The number of benzene rings is 1. The SMILES string of the molecule is CC1(C)C(=O)C2(CCCC2)C(=O)O[C@@H]1c1ccccc1. The molecule has 0 bridgehead atoms. The average Bonchev–Trinajstić information content (AvgIpc) is 2.93. The van der Waals surface area contributed by atoms with Crippen LogP contribution in [0, 0.1) is 10.8 Å². The van der Waals surface area contributed by atoms with Gasteiger partial charge >= 0.3 is 5.97 Å². The van der Waals surface area contributed by atoms with Crippen molar-refractivity contribution in [1.82, 2.24) is 0 Å². The van der Waals surface area contributed by atoms with Gasteiger partial charge < -0.3 is 4.74 Å². The highest BCUT2D eigenvalue weighted by molar-refractivity contribution is 6.08. The molecule has 1 aromatic rings. The van der Waals surface area contributed by atoms with Crippen molar-refractivity contribution >= 4 is 11.8 Å².